The van der Waals surface area contributed by atoms with Gasteiger partial charge < -0.3 is 83.9 Å². The Morgan fingerprint density at radius 1 is 0.772 bits per heavy atom. The van der Waals surface area contributed by atoms with Gasteiger partial charge in [0.1, 0.15) is 65.7 Å². The van der Waals surface area contributed by atoms with E-state index >= 15 is 0 Å². The van der Waals surface area contributed by atoms with Gasteiger partial charge in [-0.3, -0.25) is 4.79 Å². The fraction of sp³-hybridized carbons (Fsp3) is 0.368. The SMILES string of the molecule is CCC1OC(Oc2c(-c3ccc(O)c(O)c3)oc3cc(O)cc(O)c3c2=O)C(OC2OC(COC(=O)/C=C\c3ccc(O)c(OC)c3)C(O)C(O)C2O)C(O)C1O. The molecule has 0 amide bonds. The lowest BCUT2D eigenvalue weighted by Crippen LogP contribution is -2.64. The number of fused-ring (bicyclic) bond motifs is 1. The number of esters is 1. The molecule has 1 aromatic heterocycles. The van der Waals surface area contributed by atoms with Crippen LogP contribution in [-0.2, 0) is 23.7 Å². The van der Waals surface area contributed by atoms with E-state index in [9.17, 15) is 60.7 Å². The first-order chi connectivity index (χ1) is 27.1. The molecule has 57 heavy (non-hydrogen) atoms. The predicted molar refractivity (Wildman–Crippen MR) is 192 cm³/mol. The predicted octanol–water partition coefficient (Wildman–Crippen LogP) is 0.681. The number of aromatic hydroxyl groups is 5. The highest BCUT2D eigenvalue weighted by Crippen LogP contribution is 2.40. The molecule has 10 atom stereocenters. The van der Waals surface area contributed by atoms with Crippen LogP contribution in [0.5, 0.6) is 40.2 Å². The van der Waals surface area contributed by atoms with E-state index in [2.05, 4.69) is 0 Å². The number of benzene rings is 3. The first kappa shape index (κ1) is 41.0. The van der Waals surface area contributed by atoms with E-state index in [1.165, 1.54) is 37.5 Å². The van der Waals surface area contributed by atoms with Crippen LogP contribution in [-0.4, -0.2) is 132 Å². The molecule has 0 spiro atoms. The largest absolute Gasteiger partial charge is 0.508 e. The van der Waals surface area contributed by atoms with Gasteiger partial charge in [-0.2, -0.15) is 0 Å². The monoisotopic (exact) mass is 800 g/mol. The Kier molecular flexibility index (Phi) is 12.1. The minimum atomic E-state index is -2.02. The van der Waals surface area contributed by atoms with E-state index in [1.54, 1.807) is 6.92 Å². The summed E-state index contributed by atoms with van der Waals surface area (Å²) < 4.78 is 39.6. The molecule has 3 heterocycles. The molecule has 0 bridgehead atoms. The molecule has 2 aliphatic rings. The van der Waals surface area contributed by atoms with Crippen LogP contribution in [0.2, 0.25) is 0 Å². The molecular weight excluding hydrogens is 760 g/mol. The average Bonchev–Trinajstić information content (AvgIpc) is 3.18. The highest BCUT2D eigenvalue weighted by molar-refractivity contribution is 5.88. The zero-order valence-corrected chi connectivity index (χ0v) is 30.1. The summed E-state index contributed by atoms with van der Waals surface area (Å²) in [5.41, 5.74) is -0.951. The molecule has 3 aromatic carbocycles. The molecule has 19 nitrogen and oxygen atoms in total. The van der Waals surface area contributed by atoms with E-state index in [4.69, 9.17) is 32.8 Å². The summed E-state index contributed by atoms with van der Waals surface area (Å²) in [6, 6.07) is 9.53. The normalized spacial score (nSPS) is 27.7. The quantitative estimate of drug-likeness (QED) is 0.0567. The highest BCUT2D eigenvalue weighted by atomic mass is 16.8. The van der Waals surface area contributed by atoms with Crippen LogP contribution in [0.3, 0.4) is 0 Å². The molecular formula is C38H40O19. The van der Waals surface area contributed by atoms with Gasteiger partial charge in [-0.25, -0.2) is 4.79 Å². The summed E-state index contributed by atoms with van der Waals surface area (Å²) in [4.78, 5) is 26.6. The molecule has 10 unspecified atom stereocenters. The lowest BCUT2D eigenvalue weighted by atomic mass is 9.96. The average molecular weight is 801 g/mol. The fourth-order valence-electron chi connectivity index (χ4n) is 6.32. The molecule has 10 N–H and O–H groups in total. The van der Waals surface area contributed by atoms with Crippen molar-refractivity contribution in [3.8, 4) is 51.6 Å². The molecule has 306 valence electrons. The standard InChI is InChI=1S/C38H40O19/c1-3-22-28(45)32(49)36(57-37-33(50)31(48)29(46)25(55-37)14-52-26(44)9-5-15-4-7-19(41)23(10-15)51-2)38(54-22)56-35-30(47)27-21(43)12-17(39)13-24(27)53-34(35)16-6-8-18(40)20(42)11-16/h4-13,22,25,28-29,31-33,36-43,45-46,48-50H,3,14H2,1-2H3/b9-5-. The smallest absolute Gasteiger partial charge is 0.330 e. The Morgan fingerprint density at radius 2 is 1.47 bits per heavy atom. The summed E-state index contributed by atoms with van der Waals surface area (Å²) in [5.74, 6) is -4.33. The molecule has 0 aliphatic carbocycles. The van der Waals surface area contributed by atoms with Crippen LogP contribution in [0.1, 0.15) is 18.9 Å². The van der Waals surface area contributed by atoms with E-state index in [1.807, 2.05) is 0 Å². The van der Waals surface area contributed by atoms with Crippen LogP contribution in [0, 0.1) is 0 Å². The molecule has 2 aliphatic heterocycles. The van der Waals surface area contributed by atoms with E-state index < -0.39 is 119 Å². The molecule has 2 saturated heterocycles. The lowest BCUT2D eigenvalue weighted by Gasteiger charge is -2.46. The number of phenolic OH excluding ortho intramolecular Hbond substituents is 5. The zero-order valence-electron chi connectivity index (χ0n) is 30.1. The number of aliphatic hydroxyl groups is 5. The number of hydrogen-bond acceptors (Lipinski definition) is 19. The Hall–Kier alpha value is -5.64. The number of aliphatic hydroxyl groups excluding tert-OH is 5. The summed E-state index contributed by atoms with van der Waals surface area (Å²) in [6.07, 6.45) is -15.2. The van der Waals surface area contributed by atoms with Gasteiger partial charge in [-0.05, 0) is 48.4 Å². The number of methoxy groups -OCH3 is 1. The number of rotatable bonds is 11. The van der Waals surface area contributed by atoms with Crippen molar-refractivity contribution in [3.05, 3.63) is 70.4 Å². The van der Waals surface area contributed by atoms with Crippen molar-refractivity contribution in [2.75, 3.05) is 13.7 Å². The van der Waals surface area contributed by atoms with Crippen LogP contribution < -0.4 is 14.9 Å². The van der Waals surface area contributed by atoms with Gasteiger partial charge in [0.15, 0.2) is 41.2 Å². The number of hydrogen-bond donors (Lipinski definition) is 10. The molecule has 0 saturated carbocycles. The van der Waals surface area contributed by atoms with Crippen molar-refractivity contribution in [3.63, 3.8) is 0 Å². The third-order valence-electron chi connectivity index (χ3n) is 9.40. The Morgan fingerprint density at radius 3 is 2.18 bits per heavy atom. The van der Waals surface area contributed by atoms with Gasteiger partial charge >= 0.3 is 5.97 Å². The van der Waals surface area contributed by atoms with Crippen LogP contribution in [0.4, 0.5) is 0 Å². The van der Waals surface area contributed by atoms with Gasteiger partial charge in [0.2, 0.25) is 17.5 Å². The zero-order chi connectivity index (χ0) is 41.3. The first-order valence-electron chi connectivity index (χ1n) is 17.4. The molecule has 0 radical (unpaired) electrons. The molecule has 2 fully saturated rings. The fourth-order valence-corrected chi connectivity index (χ4v) is 6.32. The van der Waals surface area contributed by atoms with Crippen molar-refractivity contribution in [2.45, 2.75) is 74.8 Å². The van der Waals surface area contributed by atoms with Gasteiger partial charge in [0.05, 0.1) is 13.2 Å². The van der Waals surface area contributed by atoms with Crippen molar-refractivity contribution >= 4 is 23.0 Å². The van der Waals surface area contributed by atoms with Crippen molar-refractivity contribution in [2.24, 2.45) is 0 Å². The molecule has 6 rings (SSSR count). The second-order valence-corrected chi connectivity index (χ2v) is 13.2. The van der Waals surface area contributed by atoms with Gasteiger partial charge in [-0.1, -0.05) is 13.0 Å². The van der Waals surface area contributed by atoms with E-state index in [-0.39, 0.29) is 29.1 Å². The minimum Gasteiger partial charge on any atom is -0.508 e. The van der Waals surface area contributed by atoms with Crippen LogP contribution in [0.25, 0.3) is 28.4 Å². The van der Waals surface area contributed by atoms with Crippen LogP contribution >= 0.6 is 0 Å². The van der Waals surface area contributed by atoms with Crippen molar-refractivity contribution in [1.82, 2.24) is 0 Å². The topological polar surface area (TPSA) is 305 Å². The van der Waals surface area contributed by atoms with E-state index in [0.717, 1.165) is 30.3 Å². The highest BCUT2D eigenvalue weighted by Gasteiger charge is 2.51. The lowest BCUT2D eigenvalue weighted by molar-refractivity contribution is -0.356. The first-order valence-corrected chi connectivity index (χ1v) is 17.4. The van der Waals surface area contributed by atoms with Crippen molar-refractivity contribution < 1.29 is 88.7 Å². The van der Waals surface area contributed by atoms with E-state index in [0.29, 0.717) is 5.56 Å². The summed E-state index contributed by atoms with van der Waals surface area (Å²) in [6.45, 7) is 0.920. The molecule has 4 aromatic rings. The van der Waals surface area contributed by atoms with Crippen LogP contribution in [0.15, 0.2) is 63.8 Å². The Balaban J connectivity index is 1.28. The Bertz CT molecular complexity index is 2180. The van der Waals surface area contributed by atoms with Gasteiger partial charge in [-0.15, -0.1) is 0 Å². The second-order valence-electron chi connectivity index (χ2n) is 13.2. The Labute approximate surface area is 321 Å². The number of phenols is 5. The summed E-state index contributed by atoms with van der Waals surface area (Å²) >= 11 is 0. The number of carbonyl (C=O) groups is 1. The second kappa shape index (κ2) is 16.8. The summed E-state index contributed by atoms with van der Waals surface area (Å²) in [7, 11) is 1.35. The third kappa shape index (κ3) is 8.41. The number of carbonyl (C=O) groups excluding carboxylic acids is 1. The van der Waals surface area contributed by atoms with Gasteiger partial charge in [0, 0.05) is 23.8 Å². The molecule has 19 heteroatoms. The van der Waals surface area contributed by atoms with Crippen molar-refractivity contribution in [1.29, 1.82) is 0 Å². The number of ether oxygens (including phenoxy) is 6. The van der Waals surface area contributed by atoms with Gasteiger partial charge in [0.25, 0.3) is 0 Å². The third-order valence-corrected chi connectivity index (χ3v) is 9.40. The maximum Gasteiger partial charge on any atom is 0.330 e. The maximum absolute atomic E-state index is 14.0. The summed E-state index contributed by atoms with van der Waals surface area (Å²) in [5, 5.41) is 105. The minimum absolute atomic E-state index is 0.0544. The maximum atomic E-state index is 14.0.